The molecule has 0 aromatic heterocycles. The number of rotatable bonds is 2. The van der Waals surface area contributed by atoms with Crippen molar-refractivity contribution in [1.82, 2.24) is 0 Å². The van der Waals surface area contributed by atoms with E-state index >= 15 is 0 Å². The van der Waals surface area contributed by atoms with Crippen molar-refractivity contribution in [3.8, 4) is 0 Å². The molecule has 0 spiro atoms. The Labute approximate surface area is 59.0 Å². The van der Waals surface area contributed by atoms with Crippen LogP contribution in [0.25, 0.3) is 0 Å². The fourth-order valence-electron chi connectivity index (χ4n) is 0.169. The predicted octanol–water partition coefficient (Wildman–Crippen LogP) is 1.23. The van der Waals surface area contributed by atoms with E-state index in [4.69, 9.17) is 14.5 Å². The van der Waals surface area contributed by atoms with Crippen molar-refractivity contribution in [2.24, 2.45) is 0 Å². The molecule has 0 rings (SSSR count). The van der Waals surface area contributed by atoms with Crippen molar-refractivity contribution in [2.45, 2.75) is 19.8 Å². The lowest BCUT2D eigenvalue weighted by Gasteiger charge is -2.08. The second kappa shape index (κ2) is 2.62. The summed E-state index contributed by atoms with van der Waals surface area (Å²) < 4.78 is 63.1. The van der Waals surface area contributed by atoms with Crippen LogP contribution in [0.1, 0.15) is 23.3 Å². The third kappa shape index (κ3) is 6.15. The van der Waals surface area contributed by atoms with E-state index in [9.17, 15) is 4.57 Å². The summed E-state index contributed by atoms with van der Waals surface area (Å²) >= 11 is 0. The molecule has 50 valence electrons. The fraction of sp³-hybridized carbons (Fsp3) is 1.00. The van der Waals surface area contributed by atoms with Crippen molar-refractivity contribution in [1.29, 1.82) is 0 Å². The van der Waals surface area contributed by atoms with E-state index < -0.39 is 27.4 Å². The summed E-state index contributed by atoms with van der Waals surface area (Å²) in [6, 6.07) is 0. The quantitative estimate of drug-likeness (QED) is 0.594. The van der Waals surface area contributed by atoms with Gasteiger partial charge in [-0.3, -0.25) is 4.57 Å². The van der Waals surface area contributed by atoms with E-state index in [1.54, 1.807) is 0 Å². The van der Waals surface area contributed by atoms with Crippen LogP contribution in [-0.2, 0) is 9.09 Å². The van der Waals surface area contributed by atoms with Crippen LogP contribution in [0.15, 0.2) is 0 Å². The third-order valence-electron chi connectivity index (χ3n) is 0.261. The average Bonchev–Trinajstić information content (AvgIpc) is 1.77. The zero-order chi connectivity index (χ0) is 12.7. The van der Waals surface area contributed by atoms with E-state index in [1.807, 2.05) is 0 Å². The molecular weight excluding hydrogens is 127 g/mol. The van der Waals surface area contributed by atoms with Crippen LogP contribution < -0.4 is 0 Å². The summed E-state index contributed by atoms with van der Waals surface area (Å²) in [7, 11) is -4.39. The molecule has 8 heavy (non-hydrogen) atoms. The van der Waals surface area contributed by atoms with Gasteiger partial charge in [0.1, 0.15) is 0 Å². The van der Waals surface area contributed by atoms with Crippen molar-refractivity contribution in [2.75, 3.05) is 6.66 Å². The second-order valence-electron chi connectivity index (χ2n) is 1.22. The van der Waals surface area contributed by atoms with Crippen molar-refractivity contribution >= 4 is 7.60 Å². The molecule has 0 saturated carbocycles. The Morgan fingerprint density at radius 3 is 2.62 bits per heavy atom. The molecule has 0 bridgehead atoms. The van der Waals surface area contributed by atoms with Gasteiger partial charge < -0.3 is 9.42 Å². The highest BCUT2D eigenvalue weighted by Crippen LogP contribution is 2.37. The summed E-state index contributed by atoms with van der Waals surface area (Å²) in [6.45, 7) is -6.09. The molecule has 0 aliphatic carbocycles. The number of hydrogen-bond donors (Lipinski definition) is 1. The van der Waals surface area contributed by atoms with Gasteiger partial charge in [0.05, 0.1) is 7.45 Å². The lowest BCUT2D eigenvalue weighted by Crippen LogP contribution is -1.98. The van der Waals surface area contributed by atoms with Gasteiger partial charge in [0.15, 0.2) is 0 Å². The van der Waals surface area contributed by atoms with Crippen LogP contribution in [0.2, 0.25) is 0 Å². The molecule has 0 radical (unpaired) electrons. The SMILES string of the molecule is [2H]C([2H])([2H])C([2H])(OP(C)(=O)O)C([2H])([2H])[2H]. The lowest BCUT2D eigenvalue weighted by molar-refractivity contribution is 0.209. The Kier molecular flexibility index (Phi) is 0.683. The van der Waals surface area contributed by atoms with Crippen LogP contribution >= 0.6 is 7.60 Å². The standard InChI is InChI=1S/C4H11O3P/c1-4(2)7-8(3,5)6/h4H,1-3H3,(H,5,6)/i1D3,2D3,4D. The molecule has 1 unspecified atom stereocenters. The van der Waals surface area contributed by atoms with Gasteiger partial charge in [0.25, 0.3) is 0 Å². The molecule has 3 nitrogen and oxygen atoms in total. The Balaban J connectivity index is 5.35. The normalized spacial score (nSPS) is 36.0. The second-order valence-corrected chi connectivity index (χ2v) is 3.01. The Hall–Kier alpha value is 0.150. The first-order valence-electron chi connectivity index (χ1n) is 5.22. The van der Waals surface area contributed by atoms with Gasteiger partial charge >= 0.3 is 7.60 Å². The topological polar surface area (TPSA) is 46.5 Å². The maximum absolute atomic E-state index is 10.8. The molecule has 1 atom stereocenters. The molecule has 0 amide bonds. The fourth-order valence-corrected chi connectivity index (χ4v) is 0.508. The summed E-state index contributed by atoms with van der Waals surface area (Å²) in [5, 5.41) is 0. The molecule has 0 aliphatic heterocycles. The van der Waals surface area contributed by atoms with Crippen LogP contribution in [0.4, 0.5) is 0 Å². The zero-order valence-electron chi connectivity index (χ0n) is 11.2. The maximum atomic E-state index is 10.8. The van der Waals surface area contributed by atoms with Gasteiger partial charge in [-0.25, -0.2) is 0 Å². The van der Waals surface area contributed by atoms with Gasteiger partial charge in [0.2, 0.25) is 0 Å². The molecule has 1 N–H and O–H groups in total. The molecule has 0 aliphatic rings. The molecule has 0 aromatic carbocycles. The monoisotopic (exact) mass is 145 g/mol. The number of hydrogen-bond acceptors (Lipinski definition) is 2. The Morgan fingerprint density at radius 1 is 2.00 bits per heavy atom. The molecular formula is C4H11O3P. The first-order chi connectivity index (χ1) is 6.21. The van der Waals surface area contributed by atoms with E-state index in [1.165, 1.54) is 0 Å². The highest BCUT2D eigenvalue weighted by atomic mass is 31.2. The minimum Gasteiger partial charge on any atom is -0.324 e. The van der Waals surface area contributed by atoms with Gasteiger partial charge in [0, 0.05) is 14.9 Å². The first kappa shape index (κ1) is 2.08. The molecule has 0 heterocycles. The summed E-state index contributed by atoms with van der Waals surface area (Å²) in [4.78, 5) is 8.79. The van der Waals surface area contributed by atoms with Crippen LogP contribution in [0.5, 0.6) is 0 Å². The summed E-state index contributed by atoms with van der Waals surface area (Å²) in [5.41, 5.74) is 0. The first-order valence-corrected chi connectivity index (χ1v) is 3.74. The minimum absolute atomic E-state index is 0.619. The van der Waals surface area contributed by atoms with E-state index in [0.717, 1.165) is 0 Å². The van der Waals surface area contributed by atoms with Crippen molar-refractivity contribution < 1.29 is 23.6 Å². The molecule has 4 heteroatoms. The van der Waals surface area contributed by atoms with Crippen LogP contribution in [-0.4, -0.2) is 17.6 Å². The Morgan fingerprint density at radius 2 is 2.50 bits per heavy atom. The van der Waals surface area contributed by atoms with Gasteiger partial charge in [-0.15, -0.1) is 0 Å². The van der Waals surface area contributed by atoms with Crippen molar-refractivity contribution in [3.63, 3.8) is 0 Å². The van der Waals surface area contributed by atoms with Gasteiger partial charge in [-0.2, -0.15) is 0 Å². The van der Waals surface area contributed by atoms with Gasteiger partial charge in [-0.05, 0) is 13.7 Å². The highest BCUT2D eigenvalue weighted by molar-refractivity contribution is 7.51. The van der Waals surface area contributed by atoms with Crippen molar-refractivity contribution in [3.05, 3.63) is 0 Å². The average molecular weight is 145 g/mol. The highest BCUT2D eigenvalue weighted by Gasteiger charge is 2.10. The van der Waals surface area contributed by atoms with Crippen LogP contribution in [0.3, 0.4) is 0 Å². The molecule has 0 saturated heterocycles. The maximum Gasteiger partial charge on any atom is 0.325 e. The molecule has 0 fully saturated rings. The van der Waals surface area contributed by atoms with E-state index in [-0.39, 0.29) is 0 Å². The molecule has 0 aromatic rings. The largest absolute Gasteiger partial charge is 0.325 e. The Bertz CT molecular complexity index is 261. The van der Waals surface area contributed by atoms with E-state index in [2.05, 4.69) is 4.52 Å². The van der Waals surface area contributed by atoms with Gasteiger partial charge in [-0.1, -0.05) is 0 Å². The summed E-state index contributed by atoms with van der Waals surface area (Å²) in [5.74, 6) is 0. The minimum atomic E-state index is -4.39. The summed E-state index contributed by atoms with van der Waals surface area (Å²) in [6.07, 6.45) is -3.40. The smallest absolute Gasteiger partial charge is 0.324 e. The third-order valence-corrected chi connectivity index (χ3v) is 0.782. The lowest BCUT2D eigenvalue weighted by atomic mass is 10.5. The zero-order valence-corrected chi connectivity index (χ0v) is 5.11. The van der Waals surface area contributed by atoms with Crippen LogP contribution in [0, 0.1) is 0 Å². The van der Waals surface area contributed by atoms with E-state index in [0.29, 0.717) is 6.66 Å². The predicted molar refractivity (Wildman–Crippen MR) is 32.0 cm³/mol.